The number of hydrogen-bond donors (Lipinski definition) is 2. The summed E-state index contributed by atoms with van der Waals surface area (Å²) in [5.41, 5.74) is -0.517. The van der Waals surface area contributed by atoms with E-state index in [0.717, 1.165) is 25.3 Å². The van der Waals surface area contributed by atoms with Crippen molar-refractivity contribution >= 4 is 5.91 Å². The highest BCUT2D eigenvalue weighted by molar-refractivity contribution is 5.77. The van der Waals surface area contributed by atoms with E-state index in [0.29, 0.717) is 24.8 Å². The molecule has 2 N–H and O–H groups in total. The van der Waals surface area contributed by atoms with Gasteiger partial charge in [-0.15, -0.1) is 0 Å². The first kappa shape index (κ1) is 15.9. The van der Waals surface area contributed by atoms with Gasteiger partial charge in [-0.25, -0.2) is 8.78 Å². The van der Waals surface area contributed by atoms with E-state index in [1.54, 1.807) is 0 Å². The number of halogens is 2. The second kappa shape index (κ2) is 6.98. The fraction of sp³-hybridized carbons (Fsp3) is 0.562. The zero-order chi connectivity index (χ0) is 15.3. The lowest BCUT2D eigenvalue weighted by Crippen LogP contribution is -2.38. The number of hydrogen-bond acceptors (Lipinski definition) is 2. The predicted octanol–water partition coefficient (Wildman–Crippen LogP) is 2.71. The average molecular weight is 297 g/mol. The lowest BCUT2D eigenvalue weighted by atomic mass is 9.82. The van der Waals surface area contributed by atoms with Crippen molar-refractivity contribution in [1.82, 2.24) is 5.32 Å². The minimum Gasteiger partial charge on any atom is -0.389 e. The molecule has 0 saturated heterocycles. The van der Waals surface area contributed by atoms with Crippen LogP contribution in [0, 0.1) is 11.6 Å². The Morgan fingerprint density at radius 3 is 2.62 bits per heavy atom. The summed E-state index contributed by atoms with van der Waals surface area (Å²) in [6.45, 7) is 0.275. The fourth-order valence-corrected chi connectivity index (χ4v) is 2.81. The largest absolute Gasteiger partial charge is 0.389 e. The Morgan fingerprint density at radius 2 is 1.95 bits per heavy atom. The van der Waals surface area contributed by atoms with Crippen LogP contribution in [0.15, 0.2) is 18.2 Å². The molecule has 1 aliphatic carbocycles. The van der Waals surface area contributed by atoms with Crippen molar-refractivity contribution < 1.29 is 18.7 Å². The zero-order valence-electron chi connectivity index (χ0n) is 12.0. The van der Waals surface area contributed by atoms with E-state index in [2.05, 4.69) is 5.32 Å². The van der Waals surface area contributed by atoms with Crippen LogP contribution in [0.2, 0.25) is 0 Å². The van der Waals surface area contributed by atoms with E-state index in [-0.39, 0.29) is 18.9 Å². The number of benzene rings is 1. The van der Waals surface area contributed by atoms with E-state index in [4.69, 9.17) is 0 Å². The number of rotatable bonds is 5. The van der Waals surface area contributed by atoms with Crippen molar-refractivity contribution in [3.8, 4) is 0 Å². The maximum atomic E-state index is 13.4. The van der Waals surface area contributed by atoms with Gasteiger partial charge >= 0.3 is 0 Å². The van der Waals surface area contributed by atoms with Crippen molar-refractivity contribution in [3.63, 3.8) is 0 Å². The Hall–Kier alpha value is -1.49. The third-order valence-corrected chi connectivity index (χ3v) is 4.01. The molecule has 1 aromatic carbocycles. The average Bonchev–Trinajstić information content (AvgIpc) is 2.41. The van der Waals surface area contributed by atoms with Gasteiger partial charge in [-0.05, 0) is 30.9 Å². The minimum atomic E-state index is -0.885. The molecule has 0 radical (unpaired) electrons. The predicted molar refractivity (Wildman–Crippen MR) is 75.7 cm³/mol. The molecule has 1 aliphatic rings. The van der Waals surface area contributed by atoms with Gasteiger partial charge < -0.3 is 10.4 Å². The smallest absolute Gasteiger partial charge is 0.222 e. The summed E-state index contributed by atoms with van der Waals surface area (Å²) in [5.74, 6) is -1.43. The topological polar surface area (TPSA) is 49.3 Å². The maximum absolute atomic E-state index is 13.4. The fourth-order valence-electron chi connectivity index (χ4n) is 2.81. The Kier molecular flexibility index (Phi) is 5.28. The van der Waals surface area contributed by atoms with Crippen LogP contribution in [0.3, 0.4) is 0 Å². The quantitative estimate of drug-likeness (QED) is 0.878. The second-order valence-corrected chi connectivity index (χ2v) is 5.80. The molecular weight excluding hydrogens is 276 g/mol. The van der Waals surface area contributed by atoms with Gasteiger partial charge in [0.15, 0.2) is 0 Å². The minimum absolute atomic E-state index is 0.0961. The summed E-state index contributed by atoms with van der Waals surface area (Å²) in [6.07, 6.45) is 4.72. The standard InChI is InChI=1S/C16H21F2NO2/c17-13-5-4-12(14(18)10-13)6-9-19-15(20)11-16(21)7-2-1-3-8-16/h4-5,10,21H,1-3,6-9,11H2,(H,19,20). The summed E-state index contributed by atoms with van der Waals surface area (Å²) < 4.78 is 26.2. The molecule has 5 heteroatoms. The highest BCUT2D eigenvalue weighted by atomic mass is 19.1. The molecule has 3 nitrogen and oxygen atoms in total. The van der Waals surface area contributed by atoms with Gasteiger partial charge in [0.25, 0.3) is 0 Å². The number of nitrogens with one attached hydrogen (secondary N) is 1. The molecule has 0 spiro atoms. The van der Waals surface area contributed by atoms with Crippen LogP contribution >= 0.6 is 0 Å². The molecule has 116 valence electrons. The molecular formula is C16H21F2NO2. The maximum Gasteiger partial charge on any atom is 0.222 e. The van der Waals surface area contributed by atoms with Gasteiger partial charge in [-0.2, -0.15) is 0 Å². The number of carbonyl (C=O) groups is 1. The third-order valence-electron chi connectivity index (χ3n) is 4.01. The van der Waals surface area contributed by atoms with Crippen LogP contribution in [0.5, 0.6) is 0 Å². The van der Waals surface area contributed by atoms with Crippen molar-refractivity contribution in [2.75, 3.05) is 6.54 Å². The highest BCUT2D eigenvalue weighted by Gasteiger charge is 2.31. The Balaban J connectivity index is 1.76. The van der Waals surface area contributed by atoms with Gasteiger partial charge in [-0.3, -0.25) is 4.79 Å². The first-order valence-electron chi connectivity index (χ1n) is 7.42. The summed E-state index contributed by atoms with van der Waals surface area (Å²) in [7, 11) is 0. The van der Waals surface area contributed by atoms with Crippen LogP contribution < -0.4 is 5.32 Å². The van der Waals surface area contributed by atoms with E-state index >= 15 is 0 Å². The zero-order valence-corrected chi connectivity index (χ0v) is 12.0. The number of aliphatic hydroxyl groups is 1. The molecule has 1 aromatic rings. The van der Waals surface area contributed by atoms with Crippen LogP contribution in [-0.4, -0.2) is 23.2 Å². The van der Waals surface area contributed by atoms with Gasteiger partial charge in [0.2, 0.25) is 5.91 Å². The van der Waals surface area contributed by atoms with Gasteiger partial charge in [0, 0.05) is 12.6 Å². The van der Waals surface area contributed by atoms with Gasteiger partial charge in [-0.1, -0.05) is 25.3 Å². The summed E-state index contributed by atoms with van der Waals surface area (Å²) in [5, 5.41) is 13.0. The molecule has 2 rings (SSSR count). The Morgan fingerprint density at radius 1 is 1.24 bits per heavy atom. The first-order chi connectivity index (χ1) is 9.98. The molecule has 0 atom stereocenters. The SMILES string of the molecule is O=C(CC1(O)CCCCC1)NCCc1ccc(F)cc1F. The van der Waals surface area contributed by atoms with Crippen molar-refractivity contribution in [2.45, 2.75) is 50.5 Å². The summed E-state index contributed by atoms with van der Waals surface area (Å²) in [4.78, 5) is 11.8. The molecule has 21 heavy (non-hydrogen) atoms. The molecule has 0 unspecified atom stereocenters. The van der Waals surface area contributed by atoms with Crippen LogP contribution in [-0.2, 0) is 11.2 Å². The summed E-state index contributed by atoms with van der Waals surface area (Å²) in [6, 6.07) is 3.42. The molecule has 1 amide bonds. The van der Waals surface area contributed by atoms with Gasteiger partial charge in [0.1, 0.15) is 11.6 Å². The lowest BCUT2D eigenvalue weighted by Gasteiger charge is -2.31. The Labute approximate surface area is 123 Å². The van der Waals surface area contributed by atoms with Crippen molar-refractivity contribution in [3.05, 3.63) is 35.4 Å². The second-order valence-electron chi connectivity index (χ2n) is 5.80. The molecule has 0 aromatic heterocycles. The van der Waals surface area contributed by atoms with Crippen LogP contribution in [0.25, 0.3) is 0 Å². The van der Waals surface area contributed by atoms with E-state index in [1.807, 2.05) is 0 Å². The van der Waals surface area contributed by atoms with E-state index < -0.39 is 17.2 Å². The first-order valence-corrected chi connectivity index (χ1v) is 7.42. The van der Waals surface area contributed by atoms with E-state index in [1.165, 1.54) is 12.1 Å². The normalized spacial score (nSPS) is 17.5. The van der Waals surface area contributed by atoms with E-state index in [9.17, 15) is 18.7 Å². The third kappa shape index (κ3) is 4.77. The molecule has 0 heterocycles. The molecule has 1 fully saturated rings. The van der Waals surface area contributed by atoms with Crippen LogP contribution in [0.1, 0.15) is 44.1 Å². The monoisotopic (exact) mass is 297 g/mol. The number of amides is 1. The molecule has 0 aliphatic heterocycles. The number of carbonyl (C=O) groups excluding carboxylic acids is 1. The Bertz CT molecular complexity index is 499. The summed E-state index contributed by atoms with van der Waals surface area (Å²) >= 11 is 0. The van der Waals surface area contributed by atoms with Gasteiger partial charge in [0.05, 0.1) is 12.0 Å². The molecule has 0 bridgehead atoms. The lowest BCUT2D eigenvalue weighted by molar-refractivity contribution is -0.127. The highest BCUT2D eigenvalue weighted by Crippen LogP contribution is 2.30. The van der Waals surface area contributed by atoms with Crippen molar-refractivity contribution in [1.29, 1.82) is 0 Å². The molecule has 1 saturated carbocycles. The van der Waals surface area contributed by atoms with Crippen molar-refractivity contribution in [2.24, 2.45) is 0 Å². The van der Waals surface area contributed by atoms with Crippen LogP contribution in [0.4, 0.5) is 8.78 Å².